The highest BCUT2D eigenvalue weighted by Gasteiger charge is 2.21. The molecule has 0 bridgehead atoms. The van der Waals surface area contributed by atoms with Crippen molar-refractivity contribution in [3.63, 3.8) is 0 Å². The van der Waals surface area contributed by atoms with Crippen molar-refractivity contribution in [2.45, 2.75) is 32.2 Å². The Bertz CT molecular complexity index is 123. The molecule has 0 aromatic carbocycles. The molecular weight excluding hydrogens is 148 g/mol. The van der Waals surface area contributed by atoms with E-state index < -0.39 is 0 Å². The summed E-state index contributed by atoms with van der Waals surface area (Å²) in [7, 11) is 4.25. The summed E-state index contributed by atoms with van der Waals surface area (Å²) in [5, 5.41) is 3.62. The van der Waals surface area contributed by atoms with Gasteiger partial charge in [0.05, 0.1) is 0 Å². The van der Waals surface area contributed by atoms with Crippen LogP contribution < -0.4 is 5.32 Å². The fraction of sp³-hybridized carbons (Fsp3) is 1.00. The maximum atomic E-state index is 3.62. The van der Waals surface area contributed by atoms with Gasteiger partial charge in [0, 0.05) is 19.1 Å². The Morgan fingerprint density at radius 1 is 1.33 bits per heavy atom. The molecule has 1 aliphatic rings. The molecule has 0 heterocycles. The number of nitrogens with zero attached hydrogens (tertiary/aromatic N) is 1. The Hall–Kier alpha value is -0.0800. The normalized spacial score (nSPS) is 30.0. The van der Waals surface area contributed by atoms with Gasteiger partial charge in [-0.1, -0.05) is 13.3 Å². The summed E-state index contributed by atoms with van der Waals surface area (Å²) >= 11 is 0. The van der Waals surface area contributed by atoms with E-state index in [4.69, 9.17) is 0 Å². The number of hydrogen-bond acceptors (Lipinski definition) is 2. The molecule has 1 rings (SSSR count). The van der Waals surface area contributed by atoms with E-state index >= 15 is 0 Å². The van der Waals surface area contributed by atoms with Crippen molar-refractivity contribution in [1.29, 1.82) is 0 Å². The molecule has 0 aliphatic heterocycles. The average Bonchev–Trinajstić information content (AvgIpc) is 2.36. The van der Waals surface area contributed by atoms with Crippen LogP contribution in [0.3, 0.4) is 0 Å². The van der Waals surface area contributed by atoms with Crippen molar-refractivity contribution in [2.24, 2.45) is 5.92 Å². The van der Waals surface area contributed by atoms with Crippen LogP contribution in [0.4, 0.5) is 0 Å². The van der Waals surface area contributed by atoms with Crippen molar-refractivity contribution >= 4 is 0 Å². The first-order valence-electron chi connectivity index (χ1n) is 5.08. The molecular formula is C10H22N2. The minimum Gasteiger partial charge on any atom is -0.312 e. The second kappa shape index (κ2) is 4.83. The van der Waals surface area contributed by atoms with Crippen LogP contribution in [0.1, 0.15) is 26.2 Å². The van der Waals surface area contributed by atoms with Gasteiger partial charge in [0.15, 0.2) is 0 Å². The van der Waals surface area contributed by atoms with E-state index in [1.165, 1.54) is 19.3 Å². The minimum atomic E-state index is 0.796. The fourth-order valence-corrected chi connectivity index (χ4v) is 1.92. The molecule has 0 aromatic heterocycles. The third kappa shape index (κ3) is 3.11. The van der Waals surface area contributed by atoms with Crippen molar-refractivity contribution in [3.05, 3.63) is 0 Å². The summed E-state index contributed by atoms with van der Waals surface area (Å²) < 4.78 is 0. The number of likely N-dealkylation sites (N-methyl/N-ethyl adjacent to an activating group) is 1. The van der Waals surface area contributed by atoms with Crippen LogP contribution in [0.25, 0.3) is 0 Å². The molecule has 0 radical (unpaired) electrons. The molecule has 72 valence electrons. The molecule has 2 nitrogen and oxygen atoms in total. The first-order chi connectivity index (χ1) is 5.70. The lowest BCUT2D eigenvalue weighted by Gasteiger charge is -2.18. The number of hydrogen-bond donors (Lipinski definition) is 1. The Balaban J connectivity index is 2.06. The Morgan fingerprint density at radius 3 is 2.58 bits per heavy atom. The molecule has 0 spiro atoms. The van der Waals surface area contributed by atoms with Gasteiger partial charge in [0.25, 0.3) is 0 Å². The van der Waals surface area contributed by atoms with E-state index in [0.29, 0.717) is 0 Å². The summed E-state index contributed by atoms with van der Waals surface area (Å²) in [6.45, 7) is 4.66. The maximum Gasteiger partial charge on any atom is 0.0101 e. The van der Waals surface area contributed by atoms with E-state index in [2.05, 4.69) is 31.2 Å². The lowest BCUT2D eigenvalue weighted by atomic mass is 10.1. The van der Waals surface area contributed by atoms with Crippen LogP contribution in [0.2, 0.25) is 0 Å². The Kier molecular flexibility index (Phi) is 4.02. The molecule has 0 saturated heterocycles. The second-order valence-corrected chi connectivity index (χ2v) is 4.27. The second-order valence-electron chi connectivity index (χ2n) is 4.27. The predicted molar refractivity (Wildman–Crippen MR) is 53.4 cm³/mol. The highest BCUT2D eigenvalue weighted by Crippen LogP contribution is 2.24. The highest BCUT2D eigenvalue weighted by molar-refractivity contribution is 4.79. The molecule has 0 amide bonds. The largest absolute Gasteiger partial charge is 0.312 e. The van der Waals surface area contributed by atoms with Crippen LogP contribution in [0.15, 0.2) is 0 Å². The smallest absolute Gasteiger partial charge is 0.0101 e. The van der Waals surface area contributed by atoms with Gasteiger partial charge < -0.3 is 10.2 Å². The van der Waals surface area contributed by atoms with Gasteiger partial charge in [0.1, 0.15) is 0 Å². The molecule has 1 aliphatic carbocycles. The van der Waals surface area contributed by atoms with Crippen molar-refractivity contribution in [3.8, 4) is 0 Å². The molecule has 1 fully saturated rings. The van der Waals surface area contributed by atoms with E-state index in [9.17, 15) is 0 Å². The van der Waals surface area contributed by atoms with Crippen molar-refractivity contribution < 1.29 is 0 Å². The van der Waals surface area contributed by atoms with Crippen LogP contribution in [0, 0.1) is 5.92 Å². The van der Waals surface area contributed by atoms with Crippen LogP contribution >= 0.6 is 0 Å². The molecule has 2 unspecified atom stereocenters. The summed E-state index contributed by atoms with van der Waals surface area (Å²) in [5.41, 5.74) is 0. The highest BCUT2D eigenvalue weighted by atomic mass is 15.1. The van der Waals surface area contributed by atoms with Crippen LogP contribution in [-0.4, -0.2) is 38.1 Å². The van der Waals surface area contributed by atoms with Crippen LogP contribution in [-0.2, 0) is 0 Å². The van der Waals surface area contributed by atoms with Gasteiger partial charge >= 0.3 is 0 Å². The zero-order chi connectivity index (χ0) is 8.97. The van der Waals surface area contributed by atoms with Gasteiger partial charge in [-0.25, -0.2) is 0 Å². The number of rotatable bonds is 4. The lowest BCUT2D eigenvalue weighted by molar-refractivity contribution is 0.361. The molecule has 2 atom stereocenters. The SMILES string of the molecule is CC1CCCC1NCCN(C)C. The average molecular weight is 170 g/mol. The summed E-state index contributed by atoms with van der Waals surface area (Å²) in [6.07, 6.45) is 4.22. The molecule has 12 heavy (non-hydrogen) atoms. The quantitative estimate of drug-likeness (QED) is 0.684. The summed E-state index contributed by atoms with van der Waals surface area (Å²) in [4.78, 5) is 2.23. The Morgan fingerprint density at radius 2 is 2.08 bits per heavy atom. The van der Waals surface area contributed by atoms with Gasteiger partial charge in [-0.3, -0.25) is 0 Å². The van der Waals surface area contributed by atoms with Crippen LogP contribution in [0.5, 0.6) is 0 Å². The van der Waals surface area contributed by atoms with Gasteiger partial charge in [0.2, 0.25) is 0 Å². The van der Waals surface area contributed by atoms with Crippen molar-refractivity contribution in [2.75, 3.05) is 27.2 Å². The first kappa shape index (κ1) is 10.0. The molecule has 0 aromatic rings. The van der Waals surface area contributed by atoms with Crippen molar-refractivity contribution in [1.82, 2.24) is 10.2 Å². The van der Waals surface area contributed by atoms with E-state index in [0.717, 1.165) is 25.0 Å². The first-order valence-corrected chi connectivity index (χ1v) is 5.08. The summed E-state index contributed by atoms with van der Waals surface area (Å²) in [5.74, 6) is 0.896. The molecule has 2 heteroatoms. The third-order valence-electron chi connectivity index (χ3n) is 2.83. The predicted octanol–water partition coefficient (Wildman–Crippen LogP) is 1.33. The van der Waals surface area contributed by atoms with Gasteiger partial charge in [-0.2, -0.15) is 0 Å². The van der Waals surface area contributed by atoms with Gasteiger partial charge in [-0.15, -0.1) is 0 Å². The van der Waals surface area contributed by atoms with E-state index in [1.54, 1.807) is 0 Å². The third-order valence-corrected chi connectivity index (χ3v) is 2.83. The monoisotopic (exact) mass is 170 g/mol. The lowest BCUT2D eigenvalue weighted by Crippen LogP contribution is -2.36. The zero-order valence-corrected chi connectivity index (χ0v) is 8.64. The van der Waals surface area contributed by atoms with Gasteiger partial charge in [-0.05, 0) is 32.9 Å². The zero-order valence-electron chi connectivity index (χ0n) is 8.64. The fourth-order valence-electron chi connectivity index (χ4n) is 1.92. The molecule has 1 saturated carbocycles. The minimum absolute atomic E-state index is 0.796. The standard InChI is InChI=1S/C10H22N2/c1-9-5-4-6-10(9)11-7-8-12(2)3/h9-11H,4-8H2,1-3H3. The molecule has 1 N–H and O–H groups in total. The topological polar surface area (TPSA) is 15.3 Å². The maximum absolute atomic E-state index is 3.62. The summed E-state index contributed by atoms with van der Waals surface area (Å²) in [6, 6.07) is 0.796. The number of nitrogens with one attached hydrogen (secondary N) is 1. The van der Waals surface area contributed by atoms with E-state index in [1.807, 2.05) is 0 Å². The van der Waals surface area contributed by atoms with E-state index in [-0.39, 0.29) is 0 Å². The Labute approximate surface area is 76.3 Å².